The average Bonchev–Trinajstić information content (AvgIpc) is 2.07. The number of hydrogen-bond donors (Lipinski definition) is 1. The molecule has 14 heavy (non-hydrogen) atoms. The number of carbonyl (C=O) groups excluding carboxylic acids is 2. The van der Waals surface area contributed by atoms with Crippen molar-refractivity contribution in [3.8, 4) is 0 Å². The largest absolute Gasteiger partial charge is 0.356 e. The van der Waals surface area contributed by atoms with Gasteiger partial charge in [-0.1, -0.05) is 20.8 Å². The van der Waals surface area contributed by atoms with Crippen LogP contribution >= 0.6 is 0 Å². The van der Waals surface area contributed by atoms with Crippen LogP contribution in [0.3, 0.4) is 0 Å². The zero-order valence-corrected chi connectivity index (χ0v) is 9.22. The Kier molecular flexibility index (Phi) is 3.29. The van der Waals surface area contributed by atoms with E-state index in [1.807, 2.05) is 20.8 Å². The third-order valence-electron chi connectivity index (χ3n) is 2.67. The van der Waals surface area contributed by atoms with Crippen LogP contribution in [-0.4, -0.2) is 18.2 Å². The van der Waals surface area contributed by atoms with Crippen LogP contribution in [-0.2, 0) is 9.59 Å². The predicted octanol–water partition coefficient (Wildman–Crippen LogP) is 1.52. The Morgan fingerprint density at radius 3 is 2.64 bits per heavy atom. The third kappa shape index (κ3) is 2.82. The van der Waals surface area contributed by atoms with Crippen LogP contribution in [0.1, 0.15) is 40.0 Å². The zero-order valence-electron chi connectivity index (χ0n) is 9.22. The van der Waals surface area contributed by atoms with E-state index in [1.165, 1.54) is 0 Å². The van der Waals surface area contributed by atoms with E-state index >= 15 is 0 Å². The molecule has 80 valence electrons. The van der Waals surface area contributed by atoms with Crippen LogP contribution in [0.15, 0.2) is 0 Å². The molecule has 0 saturated carbocycles. The van der Waals surface area contributed by atoms with Crippen LogP contribution in [0.4, 0.5) is 0 Å². The lowest BCUT2D eigenvalue weighted by atomic mass is 9.83. The Morgan fingerprint density at radius 2 is 2.14 bits per heavy atom. The fourth-order valence-corrected chi connectivity index (χ4v) is 1.56. The highest BCUT2D eigenvalue weighted by atomic mass is 16.2. The molecule has 0 unspecified atom stereocenters. The second kappa shape index (κ2) is 4.11. The molecule has 1 atom stereocenters. The van der Waals surface area contributed by atoms with Gasteiger partial charge in [-0.05, 0) is 12.8 Å². The highest BCUT2D eigenvalue weighted by molar-refractivity contribution is 5.89. The summed E-state index contributed by atoms with van der Waals surface area (Å²) in [5.74, 6) is 0.142. The average molecular weight is 197 g/mol. The maximum atomic E-state index is 11.7. The molecule has 1 saturated heterocycles. The summed E-state index contributed by atoms with van der Waals surface area (Å²) in [5, 5.41) is 2.80. The minimum atomic E-state index is -0.322. The molecule has 1 rings (SSSR count). The van der Waals surface area contributed by atoms with Crippen molar-refractivity contribution in [1.29, 1.82) is 0 Å². The van der Waals surface area contributed by atoms with Gasteiger partial charge < -0.3 is 5.32 Å². The van der Waals surface area contributed by atoms with Gasteiger partial charge in [-0.15, -0.1) is 0 Å². The van der Waals surface area contributed by atoms with Crippen LogP contribution in [0.5, 0.6) is 0 Å². The van der Waals surface area contributed by atoms with Gasteiger partial charge in [0, 0.05) is 24.3 Å². The van der Waals surface area contributed by atoms with Crippen LogP contribution in [0.2, 0.25) is 0 Å². The summed E-state index contributed by atoms with van der Waals surface area (Å²) in [7, 11) is 0. The topological polar surface area (TPSA) is 46.2 Å². The standard InChI is InChI=1S/C11H19NO2/c1-11(2,3)9(13)7-8-5-4-6-12-10(8)14/h8H,4-7H2,1-3H3,(H,12,14)/t8-/m1/s1. The summed E-state index contributed by atoms with van der Waals surface area (Å²) >= 11 is 0. The Balaban J connectivity index is 2.51. The second-order valence-electron chi connectivity index (χ2n) is 5.01. The number of Topliss-reactive ketones (excluding diaryl/α,β-unsaturated/α-hetero) is 1. The molecule has 0 bridgehead atoms. The van der Waals surface area contributed by atoms with E-state index in [4.69, 9.17) is 0 Å². The number of piperidine rings is 1. The first kappa shape index (κ1) is 11.2. The number of amides is 1. The van der Waals surface area contributed by atoms with Gasteiger partial charge in [0.2, 0.25) is 5.91 Å². The minimum Gasteiger partial charge on any atom is -0.356 e. The maximum Gasteiger partial charge on any atom is 0.223 e. The predicted molar refractivity (Wildman–Crippen MR) is 54.8 cm³/mol. The molecule has 0 aromatic carbocycles. The lowest BCUT2D eigenvalue weighted by Crippen LogP contribution is -2.38. The van der Waals surface area contributed by atoms with Crippen molar-refractivity contribution < 1.29 is 9.59 Å². The van der Waals surface area contributed by atoms with E-state index in [2.05, 4.69) is 5.32 Å². The number of nitrogens with one attached hydrogen (secondary N) is 1. The summed E-state index contributed by atoms with van der Waals surface area (Å²) in [5.41, 5.74) is -0.322. The van der Waals surface area contributed by atoms with E-state index in [1.54, 1.807) is 0 Å². The summed E-state index contributed by atoms with van der Waals surface area (Å²) in [6, 6.07) is 0. The Labute approximate surface area is 85.3 Å². The lowest BCUT2D eigenvalue weighted by molar-refractivity contribution is -0.134. The molecule has 3 heteroatoms. The van der Waals surface area contributed by atoms with Gasteiger partial charge in [-0.2, -0.15) is 0 Å². The first-order chi connectivity index (χ1) is 6.41. The van der Waals surface area contributed by atoms with E-state index in [0.29, 0.717) is 6.42 Å². The van der Waals surface area contributed by atoms with E-state index < -0.39 is 0 Å². The molecule has 3 nitrogen and oxygen atoms in total. The van der Waals surface area contributed by atoms with Crippen molar-refractivity contribution in [1.82, 2.24) is 5.32 Å². The van der Waals surface area contributed by atoms with Gasteiger partial charge in [-0.25, -0.2) is 0 Å². The first-order valence-corrected chi connectivity index (χ1v) is 5.22. The highest BCUT2D eigenvalue weighted by Gasteiger charge is 2.29. The molecule has 1 N–H and O–H groups in total. The molecule has 0 aliphatic carbocycles. The zero-order chi connectivity index (χ0) is 10.8. The maximum absolute atomic E-state index is 11.7. The lowest BCUT2D eigenvalue weighted by Gasteiger charge is -2.24. The smallest absolute Gasteiger partial charge is 0.223 e. The van der Waals surface area contributed by atoms with Gasteiger partial charge in [0.15, 0.2) is 0 Å². The molecule has 1 aliphatic heterocycles. The van der Waals surface area contributed by atoms with Crippen molar-refractivity contribution in [2.75, 3.05) is 6.54 Å². The van der Waals surface area contributed by atoms with Gasteiger partial charge in [-0.3, -0.25) is 9.59 Å². The molecule has 1 fully saturated rings. The number of ketones is 1. The fourth-order valence-electron chi connectivity index (χ4n) is 1.56. The van der Waals surface area contributed by atoms with E-state index in [-0.39, 0.29) is 23.0 Å². The summed E-state index contributed by atoms with van der Waals surface area (Å²) in [6.07, 6.45) is 2.25. The highest BCUT2D eigenvalue weighted by Crippen LogP contribution is 2.23. The Morgan fingerprint density at radius 1 is 1.50 bits per heavy atom. The molecule has 1 aliphatic rings. The fraction of sp³-hybridized carbons (Fsp3) is 0.818. The number of carbonyl (C=O) groups is 2. The monoisotopic (exact) mass is 197 g/mol. The summed E-state index contributed by atoms with van der Waals surface area (Å²) in [6.45, 7) is 6.46. The van der Waals surface area contributed by atoms with Crippen molar-refractivity contribution in [2.45, 2.75) is 40.0 Å². The van der Waals surface area contributed by atoms with Crippen LogP contribution in [0.25, 0.3) is 0 Å². The van der Waals surface area contributed by atoms with Crippen LogP contribution in [0, 0.1) is 11.3 Å². The Bertz CT molecular complexity index is 240. The summed E-state index contributed by atoms with van der Waals surface area (Å²) in [4.78, 5) is 23.1. The number of rotatable bonds is 2. The normalized spacial score (nSPS) is 23.1. The Hall–Kier alpha value is -0.860. The SMILES string of the molecule is CC(C)(C)C(=O)C[C@H]1CCCNC1=O. The van der Waals surface area contributed by atoms with Crippen molar-refractivity contribution in [3.05, 3.63) is 0 Å². The second-order valence-corrected chi connectivity index (χ2v) is 5.01. The van der Waals surface area contributed by atoms with Crippen molar-refractivity contribution >= 4 is 11.7 Å². The molecule has 1 amide bonds. The van der Waals surface area contributed by atoms with Crippen molar-refractivity contribution in [2.24, 2.45) is 11.3 Å². The van der Waals surface area contributed by atoms with Crippen LogP contribution < -0.4 is 5.32 Å². The number of hydrogen-bond acceptors (Lipinski definition) is 2. The van der Waals surface area contributed by atoms with E-state index in [0.717, 1.165) is 19.4 Å². The first-order valence-electron chi connectivity index (χ1n) is 5.22. The quantitative estimate of drug-likeness (QED) is 0.729. The molecule has 0 aromatic rings. The van der Waals surface area contributed by atoms with Gasteiger partial charge in [0.05, 0.1) is 0 Å². The van der Waals surface area contributed by atoms with Gasteiger partial charge in [0.25, 0.3) is 0 Å². The van der Waals surface area contributed by atoms with Gasteiger partial charge in [0.1, 0.15) is 5.78 Å². The van der Waals surface area contributed by atoms with Gasteiger partial charge >= 0.3 is 0 Å². The molecule has 1 heterocycles. The third-order valence-corrected chi connectivity index (χ3v) is 2.67. The van der Waals surface area contributed by atoms with Crippen molar-refractivity contribution in [3.63, 3.8) is 0 Å². The molecular formula is C11H19NO2. The molecule has 0 aromatic heterocycles. The summed E-state index contributed by atoms with van der Waals surface area (Å²) < 4.78 is 0. The molecule has 0 radical (unpaired) electrons. The van der Waals surface area contributed by atoms with E-state index in [9.17, 15) is 9.59 Å². The minimum absolute atomic E-state index is 0.0499. The molecule has 0 spiro atoms. The molecular weight excluding hydrogens is 178 g/mol.